The van der Waals surface area contributed by atoms with Gasteiger partial charge in [0.05, 0.1) is 7.11 Å². The molecular formula is C12H23NO2S. The summed E-state index contributed by atoms with van der Waals surface area (Å²) < 4.78 is 4.96. The number of methoxy groups -OCH3 is 1. The first-order valence-electron chi connectivity index (χ1n) is 5.99. The Morgan fingerprint density at radius 1 is 1.62 bits per heavy atom. The van der Waals surface area contributed by atoms with Crippen LogP contribution in [0.15, 0.2) is 0 Å². The number of carbonyl (C=O) groups is 1. The summed E-state index contributed by atoms with van der Waals surface area (Å²) in [6, 6.07) is 0. The summed E-state index contributed by atoms with van der Waals surface area (Å²) in [6.07, 6.45) is 3.41. The molecule has 0 aromatic rings. The molecule has 1 N–H and O–H groups in total. The van der Waals surface area contributed by atoms with Gasteiger partial charge in [0.1, 0.15) is 5.54 Å². The van der Waals surface area contributed by atoms with E-state index in [0.29, 0.717) is 11.2 Å². The molecule has 94 valence electrons. The smallest absolute Gasteiger partial charge is 0.327 e. The second kappa shape index (κ2) is 5.92. The summed E-state index contributed by atoms with van der Waals surface area (Å²) in [6.45, 7) is 4.38. The molecule has 0 aromatic heterocycles. The van der Waals surface area contributed by atoms with Crippen LogP contribution in [-0.4, -0.2) is 36.7 Å². The maximum Gasteiger partial charge on any atom is 0.327 e. The molecule has 0 heterocycles. The van der Waals surface area contributed by atoms with Crippen LogP contribution in [-0.2, 0) is 9.53 Å². The van der Waals surface area contributed by atoms with Crippen LogP contribution in [0.1, 0.15) is 33.1 Å². The molecule has 16 heavy (non-hydrogen) atoms. The van der Waals surface area contributed by atoms with Gasteiger partial charge in [-0.15, -0.1) is 0 Å². The summed E-state index contributed by atoms with van der Waals surface area (Å²) in [7, 11) is 3.34. The number of likely N-dealkylation sites (N-methyl/N-ethyl adjacent to an activating group) is 1. The first-order valence-corrected chi connectivity index (χ1v) is 7.04. The molecule has 1 aliphatic rings. The highest BCUT2D eigenvalue weighted by molar-refractivity contribution is 8.00. The third kappa shape index (κ3) is 2.92. The Labute approximate surface area is 103 Å². The molecule has 0 aromatic carbocycles. The van der Waals surface area contributed by atoms with E-state index < -0.39 is 5.54 Å². The van der Waals surface area contributed by atoms with E-state index in [2.05, 4.69) is 19.2 Å². The molecule has 0 saturated heterocycles. The van der Waals surface area contributed by atoms with Gasteiger partial charge < -0.3 is 10.1 Å². The lowest BCUT2D eigenvalue weighted by atomic mass is 9.96. The van der Waals surface area contributed by atoms with Gasteiger partial charge in [0.15, 0.2) is 0 Å². The fourth-order valence-corrected chi connectivity index (χ4v) is 3.15. The van der Waals surface area contributed by atoms with E-state index in [-0.39, 0.29) is 5.97 Å². The minimum atomic E-state index is -0.456. The van der Waals surface area contributed by atoms with E-state index in [9.17, 15) is 4.79 Å². The van der Waals surface area contributed by atoms with E-state index in [4.69, 9.17) is 4.74 Å². The van der Waals surface area contributed by atoms with Crippen LogP contribution < -0.4 is 5.32 Å². The lowest BCUT2D eigenvalue weighted by molar-refractivity contribution is -0.148. The standard InChI is InChI=1S/C12H23NO2S/c1-5-9(2)16-8-12(13-3,10-6-7-10)11(14)15-4/h9-10,13H,5-8H2,1-4H3. The van der Waals surface area contributed by atoms with E-state index in [0.717, 1.165) is 25.0 Å². The van der Waals surface area contributed by atoms with E-state index >= 15 is 0 Å². The number of thioether (sulfide) groups is 1. The maximum absolute atomic E-state index is 11.9. The summed E-state index contributed by atoms with van der Waals surface area (Å²) in [5.41, 5.74) is -0.456. The summed E-state index contributed by atoms with van der Waals surface area (Å²) in [4.78, 5) is 11.9. The highest BCUT2D eigenvalue weighted by Crippen LogP contribution is 2.42. The molecular weight excluding hydrogens is 222 g/mol. The zero-order valence-electron chi connectivity index (χ0n) is 10.7. The molecule has 1 fully saturated rings. The number of ether oxygens (including phenoxy) is 1. The highest BCUT2D eigenvalue weighted by Gasteiger charge is 2.50. The van der Waals surface area contributed by atoms with Gasteiger partial charge in [0.2, 0.25) is 0 Å². The van der Waals surface area contributed by atoms with Crippen molar-refractivity contribution >= 4 is 17.7 Å². The first kappa shape index (κ1) is 13.8. The van der Waals surface area contributed by atoms with Gasteiger partial charge in [-0.3, -0.25) is 4.79 Å². The minimum absolute atomic E-state index is 0.103. The molecule has 1 saturated carbocycles. The topological polar surface area (TPSA) is 38.3 Å². The van der Waals surface area contributed by atoms with E-state index in [1.165, 1.54) is 7.11 Å². The SMILES string of the molecule is CCC(C)SCC(NC)(C(=O)OC)C1CC1. The second-order valence-corrected chi connectivity index (χ2v) is 5.94. The van der Waals surface area contributed by atoms with Crippen LogP contribution >= 0.6 is 11.8 Å². The molecule has 4 heteroatoms. The van der Waals surface area contributed by atoms with Crippen molar-refractivity contribution in [3.8, 4) is 0 Å². The average molecular weight is 245 g/mol. The van der Waals surface area contributed by atoms with Crippen molar-refractivity contribution in [1.82, 2.24) is 5.32 Å². The van der Waals surface area contributed by atoms with Crippen molar-refractivity contribution in [3.05, 3.63) is 0 Å². The quantitative estimate of drug-likeness (QED) is 0.697. The lowest BCUT2D eigenvalue weighted by Gasteiger charge is -2.31. The van der Waals surface area contributed by atoms with Gasteiger partial charge in [-0.2, -0.15) is 11.8 Å². The number of rotatable bonds is 7. The fraction of sp³-hybridized carbons (Fsp3) is 0.917. The Morgan fingerprint density at radius 3 is 2.62 bits per heavy atom. The molecule has 2 unspecified atom stereocenters. The maximum atomic E-state index is 11.9. The first-order chi connectivity index (χ1) is 7.60. The van der Waals surface area contributed by atoms with Crippen molar-refractivity contribution in [2.45, 2.75) is 43.9 Å². The van der Waals surface area contributed by atoms with Crippen LogP contribution in [0.5, 0.6) is 0 Å². The molecule has 2 atom stereocenters. The number of hydrogen-bond donors (Lipinski definition) is 1. The van der Waals surface area contributed by atoms with Gasteiger partial charge in [-0.05, 0) is 32.2 Å². The number of carbonyl (C=O) groups excluding carboxylic acids is 1. The largest absolute Gasteiger partial charge is 0.468 e. The molecule has 0 radical (unpaired) electrons. The Balaban J connectivity index is 2.65. The number of nitrogens with one attached hydrogen (secondary N) is 1. The van der Waals surface area contributed by atoms with Crippen molar-refractivity contribution in [2.75, 3.05) is 19.9 Å². The number of hydrogen-bond acceptors (Lipinski definition) is 4. The normalized spacial score (nSPS) is 21.2. The monoisotopic (exact) mass is 245 g/mol. The second-order valence-electron chi connectivity index (χ2n) is 4.52. The lowest BCUT2D eigenvalue weighted by Crippen LogP contribution is -2.55. The van der Waals surface area contributed by atoms with Gasteiger partial charge in [0, 0.05) is 11.0 Å². The molecule has 0 aliphatic heterocycles. The van der Waals surface area contributed by atoms with Crippen LogP contribution in [0.4, 0.5) is 0 Å². The van der Waals surface area contributed by atoms with Crippen LogP contribution in [0.2, 0.25) is 0 Å². The van der Waals surface area contributed by atoms with E-state index in [1.54, 1.807) is 0 Å². The Kier molecular flexibility index (Phi) is 5.12. The minimum Gasteiger partial charge on any atom is -0.468 e. The van der Waals surface area contributed by atoms with Gasteiger partial charge in [-0.25, -0.2) is 0 Å². The summed E-state index contributed by atoms with van der Waals surface area (Å²) in [5, 5.41) is 3.81. The Hall–Kier alpha value is -0.220. The highest BCUT2D eigenvalue weighted by atomic mass is 32.2. The third-order valence-electron chi connectivity index (χ3n) is 3.44. The molecule has 3 nitrogen and oxygen atoms in total. The van der Waals surface area contributed by atoms with Gasteiger partial charge in [0.25, 0.3) is 0 Å². The van der Waals surface area contributed by atoms with Crippen LogP contribution in [0.3, 0.4) is 0 Å². The van der Waals surface area contributed by atoms with Crippen LogP contribution in [0.25, 0.3) is 0 Å². The predicted octanol–water partition coefficient (Wildman–Crippen LogP) is 2.06. The summed E-state index contributed by atoms with van der Waals surface area (Å²) in [5.74, 6) is 1.17. The zero-order valence-corrected chi connectivity index (χ0v) is 11.5. The average Bonchev–Trinajstić information content (AvgIpc) is 3.14. The van der Waals surface area contributed by atoms with Crippen molar-refractivity contribution in [2.24, 2.45) is 5.92 Å². The number of esters is 1. The third-order valence-corrected chi connectivity index (χ3v) is 4.96. The zero-order chi connectivity index (χ0) is 12.2. The predicted molar refractivity (Wildman–Crippen MR) is 68.7 cm³/mol. The van der Waals surface area contributed by atoms with Gasteiger partial charge >= 0.3 is 5.97 Å². The molecule has 1 rings (SSSR count). The summed E-state index contributed by atoms with van der Waals surface area (Å²) >= 11 is 1.86. The van der Waals surface area contributed by atoms with Crippen molar-refractivity contribution in [1.29, 1.82) is 0 Å². The Bertz CT molecular complexity index is 243. The van der Waals surface area contributed by atoms with E-state index in [1.807, 2.05) is 18.8 Å². The molecule has 0 amide bonds. The fourth-order valence-electron chi connectivity index (χ4n) is 1.87. The van der Waals surface area contributed by atoms with Gasteiger partial charge in [-0.1, -0.05) is 13.8 Å². The molecule has 0 spiro atoms. The molecule has 0 bridgehead atoms. The van der Waals surface area contributed by atoms with Crippen molar-refractivity contribution < 1.29 is 9.53 Å². The van der Waals surface area contributed by atoms with Crippen molar-refractivity contribution in [3.63, 3.8) is 0 Å². The molecule has 1 aliphatic carbocycles. The Morgan fingerprint density at radius 2 is 2.25 bits per heavy atom. The van der Waals surface area contributed by atoms with Crippen LogP contribution in [0, 0.1) is 5.92 Å².